The van der Waals surface area contributed by atoms with Gasteiger partial charge >= 0.3 is 0 Å². The van der Waals surface area contributed by atoms with Crippen LogP contribution in [0, 0.1) is 5.92 Å². The molecule has 1 atom stereocenters. The van der Waals surface area contributed by atoms with Crippen molar-refractivity contribution < 1.29 is 9.53 Å². The fourth-order valence-corrected chi connectivity index (χ4v) is 3.74. The van der Waals surface area contributed by atoms with Crippen LogP contribution in [0.3, 0.4) is 0 Å². The number of carbonyl (C=O) groups is 1. The number of piperidine rings is 1. The molecule has 0 saturated carbocycles. The van der Waals surface area contributed by atoms with Gasteiger partial charge in [-0.25, -0.2) is 0 Å². The lowest BCUT2D eigenvalue weighted by atomic mass is 10.0. The van der Waals surface area contributed by atoms with Crippen molar-refractivity contribution in [3.63, 3.8) is 0 Å². The second-order valence-corrected chi connectivity index (χ2v) is 7.30. The summed E-state index contributed by atoms with van der Waals surface area (Å²) in [6.07, 6.45) is 3.68. The number of nitrogens with one attached hydrogen (secondary N) is 1. The molecule has 1 aromatic carbocycles. The largest absolute Gasteiger partial charge is 0.378 e. The van der Waals surface area contributed by atoms with Gasteiger partial charge in [-0.2, -0.15) is 0 Å². The van der Waals surface area contributed by atoms with Gasteiger partial charge in [-0.15, -0.1) is 0 Å². The van der Waals surface area contributed by atoms with E-state index in [1.165, 1.54) is 31.6 Å². The Morgan fingerprint density at radius 2 is 1.96 bits per heavy atom. The number of carbonyl (C=O) groups excluding carboxylic acids is 1. The van der Waals surface area contributed by atoms with E-state index in [1.54, 1.807) is 0 Å². The van der Waals surface area contributed by atoms with Crippen LogP contribution in [0.15, 0.2) is 24.3 Å². The summed E-state index contributed by atoms with van der Waals surface area (Å²) < 4.78 is 5.38. The molecule has 1 aromatic rings. The van der Waals surface area contributed by atoms with E-state index in [0.717, 1.165) is 57.3 Å². The highest BCUT2D eigenvalue weighted by Crippen LogP contribution is 2.17. The second kappa shape index (κ2) is 9.20. The van der Waals surface area contributed by atoms with E-state index in [2.05, 4.69) is 22.0 Å². The molecule has 1 unspecified atom stereocenters. The summed E-state index contributed by atoms with van der Waals surface area (Å²) >= 11 is 0. The number of morpholine rings is 1. The van der Waals surface area contributed by atoms with Gasteiger partial charge in [-0.05, 0) is 62.5 Å². The monoisotopic (exact) mass is 345 g/mol. The number of nitrogens with zero attached hydrogens (tertiary/aromatic N) is 2. The van der Waals surface area contributed by atoms with Gasteiger partial charge in [0.1, 0.15) is 0 Å². The van der Waals surface area contributed by atoms with Gasteiger partial charge in [0, 0.05) is 37.4 Å². The number of anilines is 1. The maximum atomic E-state index is 12.3. The Morgan fingerprint density at radius 1 is 1.20 bits per heavy atom. The number of likely N-dealkylation sites (tertiary alicyclic amines) is 1. The topological polar surface area (TPSA) is 44.8 Å². The van der Waals surface area contributed by atoms with Crippen LogP contribution in [0.1, 0.15) is 36.5 Å². The first-order valence-electron chi connectivity index (χ1n) is 9.65. The lowest BCUT2D eigenvalue weighted by Crippen LogP contribution is -2.36. The van der Waals surface area contributed by atoms with Crippen molar-refractivity contribution in [2.75, 3.05) is 57.4 Å². The Hall–Kier alpha value is -1.59. The van der Waals surface area contributed by atoms with Gasteiger partial charge in [0.25, 0.3) is 5.91 Å². The fraction of sp³-hybridized carbons (Fsp3) is 0.650. The molecule has 0 bridgehead atoms. The molecule has 0 spiro atoms. The number of hydrogen-bond acceptors (Lipinski definition) is 4. The molecule has 0 aliphatic carbocycles. The van der Waals surface area contributed by atoms with Crippen molar-refractivity contribution in [2.24, 2.45) is 5.92 Å². The Kier molecular flexibility index (Phi) is 6.70. The maximum Gasteiger partial charge on any atom is 0.251 e. The van der Waals surface area contributed by atoms with Gasteiger partial charge in [0.15, 0.2) is 0 Å². The van der Waals surface area contributed by atoms with Crippen LogP contribution in [0.2, 0.25) is 0 Å². The quantitative estimate of drug-likeness (QED) is 0.804. The SMILES string of the molecule is CC1CCCN(CCCNC(=O)c2ccc(N3CCOCC3)cc2)C1. The first-order valence-corrected chi connectivity index (χ1v) is 9.65. The minimum atomic E-state index is 0.0283. The molecule has 138 valence electrons. The normalized spacial score (nSPS) is 22.0. The van der Waals surface area contributed by atoms with E-state index in [-0.39, 0.29) is 5.91 Å². The van der Waals surface area contributed by atoms with Crippen LogP contribution in [0.4, 0.5) is 5.69 Å². The molecule has 2 heterocycles. The zero-order valence-electron chi connectivity index (χ0n) is 15.4. The Bertz CT molecular complexity index is 540. The zero-order valence-corrected chi connectivity index (χ0v) is 15.4. The summed E-state index contributed by atoms with van der Waals surface area (Å²) in [7, 11) is 0. The molecule has 2 fully saturated rings. The third-order valence-electron chi connectivity index (χ3n) is 5.18. The van der Waals surface area contributed by atoms with Gasteiger partial charge in [0.2, 0.25) is 0 Å². The van der Waals surface area contributed by atoms with Crippen LogP contribution < -0.4 is 10.2 Å². The molecule has 3 rings (SSSR count). The highest BCUT2D eigenvalue weighted by Gasteiger charge is 2.16. The molecule has 2 saturated heterocycles. The third-order valence-corrected chi connectivity index (χ3v) is 5.18. The third kappa shape index (κ3) is 5.44. The van der Waals surface area contributed by atoms with Gasteiger partial charge in [-0.3, -0.25) is 4.79 Å². The van der Waals surface area contributed by atoms with Gasteiger partial charge < -0.3 is 19.9 Å². The first-order chi connectivity index (χ1) is 12.2. The smallest absolute Gasteiger partial charge is 0.251 e. The number of benzene rings is 1. The second-order valence-electron chi connectivity index (χ2n) is 7.30. The van der Waals surface area contributed by atoms with Crippen molar-refractivity contribution in [2.45, 2.75) is 26.2 Å². The number of ether oxygens (including phenoxy) is 1. The summed E-state index contributed by atoms with van der Waals surface area (Å²) in [6.45, 7) is 9.96. The summed E-state index contributed by atoms with van der Waals surface area (Å²) in [5.41, 5.74) is 1.91. The summed E-state index contributed by atoms with van der Waals surface area (Å²) in [6, 6.07) is 7.92. The molecule has 25 heavy (non-hydrogen) atoms. The van der Waals surface area contributed by atoms with Crippen LogP contribution in [-0.2, 0) is 4.74 Å². The summed E-state index contributed by atoms with van der Waals surface area (Å²) in [5, 5.41) is 3.05. The zero-order chi connectivity index (χ0) is 17.5. The predicted octanol–water partition coefficient (Wildman–Crippen LogP) is 2.38. The average Bonchev–Trinajstić information content (AvgIpc) is 2.66. The van der Waals surface area contributed by atoms with Crippen molar-refractivity contribution in [3.8, 4) is 0 Å². The molecule has 1 N–H and O–H groups in total. The van der Waals surface area contributed by atoms with E-state index in [0.29, 0.717) is 0 Å². The first kappa shape index (κ1) is 18.2. The summed E-state index contributed by atoms with van der Waals surface area (Å²) in [5.74, 6) is 0.842. The van der Waals surface area contributed by atoms with Gasteiger partial charge in [-0.1, -0.05) is 6.92 Å². The lowest BCUT2D eigenvalue weighted by Gasteiger charge is -2.30. The Morgan fingerprint density at radius 3 is 2.68 bits per heavy atom. The molecule has 5 nitrogen and oxygen atoms in total. The van der Waals surface area contributed by atoms with Crippen molar-refractivity contribution in [3.05, 3.63) is 29.8 Å². The highest BCUT2D eigenvalue weighted by atomic mass is 16.5. The van der Waals surface area contributed by atoms with E-state index < -0.39 is 0 Å². The molecule has 2 aliphatic rings. The fourth-order valence-electron chi connectivity index (χ4n) is 3.74. The molecular weight excluding hydrogens is 314 g/mol. The van der Waals surface area contributed by atoms with E-state index in [9.17, 15) is 4.79 Å². The minimum Gasteiger partial charge on any atom is -0.378 e. The Balaban J connectivity index is 1.39. The highest BCUT2D eigenvalue weighted by molar-refractivity contribution is 5.94. The molecule has 1 amide bonds. The minimum absolute atomic E-state index is 0.0283. The molecule has 5 heteroatoms. The van der Waals surface area contributed by atoms with Crippen molar-refractivity contribution in [1.82, 2.24) is 10.2 Å². The molecule has 2 aliphatic heterocycles. The van der Waals surface area contributed by atoms with Crippen molar-refractivity contribution >= 4 is 11.6 Å². The molecule has 0 radical (unpaired) electrons. The average molecular weight is 345 g/mol. The van der Waals surface area contributed by atoms with Gasteiger partial charge in [0.05, 0.1) is 13.2 Å². The van der Waals surface area contributed by atoms with Crippen molar-refractivity contribution in [1.29, 1.82) is 0 Å². The van der Waals surface area contributed by atoms with E-state index >= 15 is 0 Å². The number of rotatable bonds is 6. The molecular formula is C20H31N3O2. The van der Waals surface area contributed by atoms with Crippen LogP contribution in [0.5, 0.6) is 0 Å². The maximum absolute atomic E-state index is 12.3. The van der Waals surface area contributed by atoms with Crippen LogP contribution in [0.25, 0.3) is 0 Å². The molecule has 0 aromatic heterocycles. The summed E-state index contributed by atoms with van der Waals surface area (Å²) in [4.78, 5) is 17.1. The van der Waals surface area contributed by atoms with Crippen LogP contribution >= 0.6 is 0 Å². The van der Waals surface area contributed by atoms with E-state index in [4.69, 9.17) is 4.74 Å². The van der Waals surface area contributed by atoms with E-state index in [1.807, 2.05) is 24.3 Å². The predicted molar refractivity (Wildman–Crippen MR) is 101 cm³/mol. The van der Waals surface area contributed by atoms with Crippen LogP contribution in [-0.4, -0.2) is 63.3 Å². The number of hydrogen-bond donors (Lipinski definition) is 1. The lowest BCUT2D eigenvalue weighted by molar-refractivity contribution is 0.0950. The number of amides is 1. The Labute approximate surface area is 151 Å². The standard InChI is InChI=1S/C20H31N3O2/c1-17-4-2-10-22(16-17)11-3-9-21-20(24)18-5-7-19(8-6-18)23-12-14-25-15-13-23/h5-8,17H,2-4,9-16H2,1H3,(H,21,24).